The van der Waals surface area contributed by atoms with Crippen molar-refractivity contribution in [2.75, 3.05) is 33.2 Å². The lowest BCUT2D eigenvalue weighted by molar-refractivity contribution is 0.175. The SMILES string of the molecule is CCNCC(C)(CC)CN(C)CC1CC1C. The van der Waals surface area contributed by atoms with E-state index in [-0.39, 0.29) is 0 Å². The van der Waals surface area contributed by atoms with Gasteiger partial charge in [0.15, 0.2) is 0 Å². The van der Waals surface area contributed by atoms with Crippen molar-refractivity contribution in [1.82, 2.24) is 10.2 Å². The number of nitrogens with one attached hydrogen (secondary N) is 1. The lowest BCUT2D eigenvalue weighted by Crippen LogP contribution is -2.41. The van der Waals surface area contributed by atoms with Gasteiger partial charge < -0.3 is 10.2 Å². The fourth-order valence-corrected chi connectivity index (χ4v) is 2.49. The average Bonchev–Trinajstić information content (AvgIpc) is 2.91. The van der Waals surface area contributed by atoms with Crippen LogP contribution in [0.2, 0.25) is 0 Å². The van der Waals surface area contributed by atoms with Crippen molar-refractivity contribution in [3.8, 4) is 0 Å². The molecule has 1 fully saturated rings. The normalized spacial score (nSPS) is 28.1. The Hall–Kier alpha value is -0.0800. The molecule has 0 radical (unpaired) electrons. The van der Waals surface area contributed by atoms with E-state index in [4.69, 9.17) is 0 Å². The fourth-order valence-electron chi connectivity index (χ4n) is 2.49. The summed E-state index contributed by atoms with van der Waals surface area (Å²) in [6.07, 6.45) is 2.70. The number of rotatable bonds is 8. The molecule has 16 heavy (non-hydrogen) atoms. The van der Waals surface area contributed by atoms with E-state index in [9.17, 15) is 0 Å². The summed E-state index contributed by atoms with van der Waals surface area (Å²) < 4.78 is 0. The molecule has 0 aromatic carbocycles. The zero-order valence-electron chi connectivity index (χ0n) is 11.8. The van der Waals surface area contributed by atoms with Gasteiger partial charge in [-0.2, -0.15) is 0 Å². The number of hydrogen-bond donors (Lipinski definition) is 1. The van der Waals surface area contributed by atoms with Gasteiger partial charge in [-0.15, -0.1) is 0 Å². The van der Waals surface area contributed by atoms with E-state index < -0.39 is 0 Å². The molecule has 1 aliphatic carbocycles. The maximum atomic E-state index is 3.50. The summed E-state index contributed by atoms with van der Waals surface area (Å²) in [5, 5.41) is 3.50. The van der Waals surface area contributed by atoms with Gasteiger partial charge in [0.2, 0.25) is 0 Å². The molecule has 1 saturated carbocycles. The molecule has 0 aromatic heterocycles. The quantitative estimate of drug-likeness (QED) is 0.684. The van der Waals surface area contributed by atoms with Crippen molar-refractivity contribution in [2.45, 2.75) is 40.5 Å². The molecule has 0 bridgehead atoms. The molecule has 3 atom stereocenters. The van der Waals surface area contributed by atoms with E-state index in [1.54, 1.807) is 0 Å². The summed E-state index contributed by atoms with van der Waals surface area (Å²) in [4.78, 5) is 2.54. The Bertz CT molecular complexity index is 205. The molecular weight excluding hydrogens is 196 g/mol. The minimum Gasteiger partial charge on any atom is -0.316 e. The number of nitrogens with zero attached hydrogens (tertiary/aromatic N) is 1. The van der Waals surface area contributed by atoms with Crippen LogP contribution in [0.15, 0.2) is 0 Å². The predicted molar refractivity (Wildman–Crippen MR) is 71.7 cm³/mol. The van der Waals surface area contributed by atoms with Gasteiger partial charge in [0, 0.05) is 19.6 Å². The third kappa shape index (κ3) is 4.42. The van der Waals surface area contributed by atoms with Crippen LogP contribution in [-0.2, 0) is 0 Å². The Kier molecular flexibility index (Phi) is 5.26. The van der Waals surface area contributed by atoms with Crippen LogP contribution in [0.25, 0.3) is 0 Å². The van der Waals surface area contributed by atoms with Crippen molar-refractivity contribution in [1.29, 1.82) is 0 Å². The van der Waals surface area contributed by atoms with E-state index in [1.807, 2.05) is 0 Å². The van der Waals surface area contributed by atoms with Crippen molar-refractivity contribution < 1.29 is 0 Å². The molecule has 2 heteroatoms. The molecule has 2 nitrogen and oxygen atoms in total. The minimum atomic E-state index is 0.433. The van der Waals surface area contributed by atoms with Crippen LogP contribution in [0.4, 0.5) is 0 Å². The van der Waals surface area contributed by atoms with E-state index in [0.29, 0.717) is 5.41 Å². The van der Waals surface area contributed by atoms with Crippen LogP contribution in [0.1, 0.15) is 40.5 Å². The summed E-state index contributed by atoms with van der Waals surface area (Å²) in [6, 6.07) is 0. The third-order valence-corrected chi connectivity index (χ3v) is 4.13. The first kappa shape index (κ1) is 14.0. The highest BCUT2D eigenvalue weighted by atomic mass is 15.1. The summed E-state index contributed by atoms with van der Waals surface area (Å²) in [5.74, 6) is 1.95. The molecule has 0 aromatic rings. The van der Waals surface area contributed by atoms with Gasteiger partial charge in [-0.3, -0.25) is 0 Å². The molecule has 0 saturated heterocycles. The van der Waals surface area contributed by atoms with Gasteiger partial charge in [-0.05, 0) is 43.7 Å². The van der Waals surface area contributed by atoms with Gasteiger partial charge in [-0.1, -0.05) is 27.7 Å². The maximum Gasteiger partial charge on any atom is 0.00444 e. The summed E-state index contributed by atoms with van der Waals surface area (Å²) in [7, 11) is 2.28. The molecule has 1 rings (SSSR count). The van der Waals surface area contributed by atoms with Crippen LogP contribution in [0.5, 0.6) is 0 Å². The highest BCUT2D eigenvalue weighted by molar-refractivity contribution is 4.86. The van der Waals surface area contributed by atoms with E-state index in [1.165, 1.54) is 25.9 Å². The minimum absolute atomic E-state index is 0.433. The van der Waals surface area contributed by atoms with E-state index >= 15 is 0 Å². The van der Waals surface area contributed by atoms with Gasteiger partial charge in [0.1, 0.15) is 0 Å². The Balaban J connectivity index is 2.29. The van der Waals surface area contributed by atoms with Crippen molar-refractivity contribution in [3.05, 3.63) is 0 Å². The Morgan fingerprint density at radius 2 is 2.00 bits per heavy atom. The molecule has 1 N–H and O–H groups in total. The second-order valence-corrected chi connectivity index (χ2v) is 6.11. The lowest BCUT2D eigenvalue weighted by atomic mass is 9.86. The number of hydrogen-bond acceptors (Lipinski definition) is 2. The summed E-state index contributed by atoms with van der Waals surface area (Å²) >= 11 is 0. The monoisotopic (exact) mass is 226 g/mol. The fraction of sp³-hybridized carbons (Fsp3) is 1.00. The smallest absolute Gasteiger partial charge is 0.00444 e. The van der Waals surface area contributed by atoms with Crippen LogP contribution in [-0.4, -0.2) is 38.1 Å². The lowest BCUT2D eigenvalue weighted by Gasteiger charge is -2.33. The highest BCUT2D eigenvalue weighted by Crippen LogP contribution is 2.38. The zero-order valence-corrected chi connectivity index (χ0v) is 11.8. The first-order chi connectivity index (χ1) is 7.50. The van der Waals surface area contributed by atoms with Crippen LogP contribution < -0.4 is 5.32 Å². The average molecular weight is 226 g/mol. The molecule has 0 heterocycles. The maximum absolute atomic E-state index is 3.50. The largest absolute Gasteiger partial charge is 0.316 e. The van der Waals surface area contributed by atoms with Crippen LogP contribution in [0, 0.1) is 17.3 Å². The predicted octanol–water partition coefficient (Wildman–Crippen LogP) is 2.60. The van der Waals surface area contributed by atoms with Gasteiger partial charge in [0.25, 0.3) is 0 Å². The van der Waals surface area contributed by atoms with Crippen molar-refractivity contribution >= 4 is 0 Å². The first-order valence-electron chi connectivity index (χ1n) is 6.90. The Morgan fingerprint density at radius 1 is 1.38 bits per heavy atom. The third-order valence-electron chi connectivity index (χ3n) is 4.13. The summed E-state index contributed by atoms with van der Waals surface area (Å²) in [5.41, 5.74) is 0.433. The van der Waals surface area contributed by atoms with Crippen LogP contribution in [0.3, 0.4) is 0 Å². The molecule has 96 valence electrons. The molecule has 0 aliphatic heterocycles. The van der Waals surface area contributed by atoms with Gasteiger partial charge in [0.05, 0.1) is 0 Å². The first-order valence-corrected chi connectivity index (χ1v) is 6.90. The molecule has 0 amide bonds. The highest BCUT2D eigenvalue weighted by Gasteiger charge is 2.34. The standard InChI is InChI=1S/C14H30N2/c1-6-14(4,10-15-7-2)11-16(5)9-13-8-12(13)3/h12-13,15H,6-11H2,1-5H3. The second-order valence-electron chi connectivity index (χ2n) is 6.11. The molecule has 1 aliphatic rings. The topological polar surface area (TPSA) is 15.3 Å². The molecule has 0 spiro atoms. The zero-order chi connectivity index (χ0) is 12.2. The second kappa shape index (κ2) is 6.02. The summed E-state index contributed by atoms with van der Waals surface area (Å²) in [6.45, 7) is 14.0. The van der Waals surface area contributed by atoms with E-state index in [2.05, 4.69) is 45.0 Å². The Morgan fingerprint density at radius 3 is 2.44 bits per heavy atom. The van der Waals surface area contributed by atoms with Crippen molar-refractivity contribution in [2.24, 2.45) is 17.3 Å². The van der Waals surface area contributed by atoms with Gasteiger partial charge in [-0.25, -0.2) is 0 Å². The van der Waals surface area contributed by atoms with Crippen molar-refractivity contribution in [3.63, 3.8) is 0 Å². The Labute approximate surface area is 102 Å². The molecule has 3 unspecified atom stereocenters. The van der Waals surface area contributed by atoms with E-state index in [0.717, 1.165) is 24.9 Å². The van der Waals surface area contributed by atoms with Crippen LogP contribution >= 0.6 is 0 Å². The molecular formula is C14H30N2. The van der Waals surface area contributed by atoms with Gasteiger partial charge >= 0.3 is 0 Å².